The Morgan fingerprint density at radius 3 is 2.76 bits per heavy atom. The van der Waals surface area contributed by atoms with Gasteiger partial charge in [0.05, 0.1) is 19.2 Å². The average molecular weight is 479 g/mol. The first kappa shape index (κ1) is 23.2. The number of halogens is 2. The van der Waals surface area contributed by atoms with Gasteiger partial charge < -0.3 is 34.1 Å². The number of pyridine rings is 1. The molecule has 0 bridgehead atoms. The fourth-order valence-electron chi connectivity index (χ4n) is 3.83. The molecule has 3 heterocycles. The summed E-state index contributed by atoms with van der Waals surface area (Å²) in [4.78, 5) is 51.0. The van der Waals surface area contributed by atoms with Crippen molar-refractivity contribution in [2.24, 2.45) is 0 Å². The zero-order chi connectivity index (χ0) is 24.6. The Labute approximate surface area is 190 Å². The molecule has 0 unspecified atom stereocenters. The van der Waals surface area contributed by atoms with Crippen molar-refractivity contribution < 1.29 is 42.5 Å². The van der Waals surface area contributed by atoms with Crippen molar-refractivity contribution in [1.82, 2.24) is 14.8 Å². The fourth-order valence-corrected chi connectivity index (χ4v) is 3.83. The Bertz CT molecular complexity index is 1230. The van der Waals surface area contributed by atoms with Crippen LogP contribution in [0, 0.1) is 11.6 Å². The Morgan fingerprint density at radius 1 is 1.29 bits per heavy atom. The van der Waals surface area contributed by atoms with Gasteiger partial charge in [0.1, 0.15) is 17.2 Å². The minimum absolute atomic E-state index is 0.0155. The molecule has 2 aliphatic heterocycles. The highest BCUT2D eigenvalue weighted by atomic mass is 19.1. The van der Waals surface area contributed by atoms with Crippen LogP contribution in [0.25, 0.3) is 0 Å². The zero-order valence-corrected chi connectivity index (χ0v) is 17.7. The van der Waals surface area contributed by atoms with Crippen molar-refractivity contribution in [3.05, 3.63) is 63.1 Å². The lowest BCUT2D eigenvalue weighted by Crippen LogP contribution is -2.49. The van der Waals surface area contributed by atoms with Gasteiger partial charge in [-0.1, -0.05) is 6.07 Å². The van der Waals surface area contributed by atoms with Gasteiger partial charge in [0.25, 0.3) is 11.8 Å². The molecule has 2 atom stereocenters. The second-order valence-electron chi connectivity index (χ2n) is 7.64. The van der Waals surface area contributed by atoms with Crippen LogP contribution in [0.5, 0.6) is 5.75 Å². The molecule has 2 N–H and O–H groups in total. The van der Waals surface area contributed by atoms with Crippen LogP contribution in [0.4, 0.5) is 13.6 Å². The maximum atomic E-state index is 13.9. The first-order chi connectivity index (χ1) is 16.2. The molecular formula is C21H19F2N3O8. The van der Waals surface area contributed by atoms with E-state index < -0.39 is 59.4 Å². The number of hydrogen-bond donors (Lipinski definition) is 2. The largest absolute Gasteiger partial charge is 0.508 e. The number of benzene rings is 1. The third-order valence-electron chi connectivity index (χ3n) is 5.43. The highest BCUT2D eigenvalue weighted by molar-refractivity contribution is 5.99. The topological polar surface area (TPSA) is 136 Å². The maximum Gasteiger partial charge on any atom is 0.508 e. The molecule has 11 nitrogen and oxygen atoms in total. The summed E-state index contributed by atoms with van der Waals surface area (Å²) < 4.78 is 43.4. The predicted molar refractivity (Wildman–Crippen MR) is 108 cm³/mol. The molecule has 13 heteroatoms. The molecular weight excluding hydrogens is 460 g/mol. The molecule has 0 aliphatic carbocycles. The summed E-state index contributed by atoms with van der Waals surface area (Å²) in [7, 11) is 0. The van der Waals surface area contributed by atoms with Gasteiger partial charge in [-0.25, -0.2) is 13.6 Å². The van der Waals surface area contributed by atoms with Crippen LogP contribution in [0.2, 0.25) is 0 Å². The van der Waals surface area contributed by atoms with Crippen molar-refractivity contribution >= 4 is 18.0 Å². The first-order valence-corrected chi connectivity index (χ1v) is 10.1. The number of carboxylic acid groups (broad SMARTS) is 1. The molecule has 0 spiro atoms. The number of fused-ring (bicyclic) bond motifs is 2. The normalized spacial score (nSPS) is 18.8. The van der Waals surface area contributed by atoms with Crippen molar-refractivity contribution in [3.8, 4) is 5.75 Å². The van der Waals surface area contributed by atoms with Gasteiger partial charge >= 0.3 is 6.16 Å². The molecule has 1 fully saturated rings. The van der Waals surface area contributed by atoms with Gasteiger partial charge in [-0.3, -0.25) is 14.4 Å². The molecule has 2 aliphatic rings. The minimum atomic E-state index is -1.67. The number of ether oxygens (including phenoxy) is 3. The molecule has 1 aromatic carbocycles. The average Bonchev–Trinajstić information content (AvgIpc) is 3.15. The smallest absolute Gasteiger partial charge is 0.451 e. The van der Waals surface area contributed by atoms with E-state index in [-0.39, 0.29) is 37.0 Å². The van der Waals surface area contributed by atoms with E-state index in [1.807, 2.05) is 0 Å². The number of aromatic nitrogens is 1. The number of carbonyl (C=O) groups is 3. The summed E-state index contributed by atoms with van der Waals surface area (Å²) in [6.07, 6.45) is -1.15. The molecule has 1 saturated heterocycles. The number of rotatable bonds is 6. The third kappa shape index (κ3) is 4.29. The van der Waals surface area contributed by atoms with E-state index in [1.165, 1.54) is 9.47 Å². The Morgan fingerprint density at radius 2 is 2.06 bits per heavy atom. The molecule has 4 rings (SSSR count). The molecule has 2 amide bonds. The standard InChI is InChI=1S/C21H19F2N3O8/c1-10-8-32-15-7-25-6-13(19(28)24-5-11-2-3-12(22)4-14(11)23)17(27)18(33-9-34-21(30)31)16(25)20(29)26(10)15/h2-4,6,10,15H,5,7-9H2,1H3,(H,24,28)(H,30,31)/t10-,15+/m0/s1. The lowest BCUT2D eigenvalue weighted by atomic mass is 10.1. The van der Waals surface area contributed by atoms with Gasteiger partial charge in [0.15, 0.2) is 11.9 Å². The summed E-state index contributed by atoms with van der Waals surface area (Å²) in [5.74, 6) is -3.74. The van der Waals surface area contributed by atoms with Crippen LogP contribution in [-0.2, 0) is 22.6 Å². The number of nitrogens with one attached hydrogen (secondary N) is 1. The van der Waals surface area contributed by atoms with Gasteiger partial charge in [-0.2, -0.15) is 0 Å². The van der Waals surface area contributed by atoms with Crippen LogP contribution >= 0.6 is 0 Å². The summed E-state index contributed by atoms with van der Waals surface area (Å²) in [6.45, 7) is 0.863. The summed E-state index contributed by atoms with van der Waals surface area (Å²) in [5.41, 5.74) is -1.63. The van der Waals surface area contributed by atoms with E-state index in [4.69, 9.17) is 14.6 Å². The number of amides is 2. The van der Waals surface area contributed by atoms with E-state index >= 15 is 0 Å². The lowest BCUT2D eigenvalue weighted by molar-refractivity contribution is 0.00369. The third-order valence-corrected chi connectivity index (χ3v) is 5.43. The second kappa shape index (κ2) is 9.09. The van der Waals surface area contributed by atoms with Crippen molar-refractivity contribution in [2.75, 3.05) is 13.4 Å². The van der Waals surface area contributed by atoms with E-state index in [9.17, 15) is 28.0 Å². The fraction of sp³-hybridized carbons (Fsp3) is 0.333. The van der Waals surface area contributed by atoms with Crippen LogP contribution in [0.3, 0.4) is 0 Å². The second-order valence-corrected chi connectivity index (χ2v) is 7.64. The predicted octanol–water partition coefficient (Wildman–Crippen LogP) is 1.29. The number of nitrogens with zero attached hydrogens (tertiary/aromatic N) is 2. The first-order valence-electron chi connectivity index (χ1n) is 10.1. The summed E-state index contributed by atoms with van der Waals surface area (Å²) in [5, 5.41) is 11.0. The molecule has 2 aromatic rings. The molecule has 1 aromatic heterocycles. The monoisotopic (exact) mass is 479 g/mol. The van der Waals surface area contributed by atoms with E-state index in [0.29, 0.717) is 6.07 Å². The van der Waals surface area contributed by atoms with Gasteiger partial charge in [-0.15, -0.1) is 0 Å². The van der Waals surface area contributed by atoms with Crippen molar-refractivity contribution in [1.29, 1.82) is 0 Å². The summed E-state index contributed by atoms with van der Waals surface area (Å²) >= 11 is 0. The minimum Gasteiger partial charge on any atom is -0.451 e. The van der Waals surface area contributed by atoms with Crippen molar-refractivity contribution in [3.63, 3.8) is 0 Å². The highest BCUT2D eigenvalue weighted by Crippen LogP contribution is 2.30. The highest BCUT2D eigenvalue weighted by Gasteiger charge is 2.43. The molecule has 180 valence electrons. The van der Waals surface area contributed by atoms with Crippen molar-refractivity contribution in [2.45, 2.75) is 32.3 Å². The maximum absolute atomic E-state index is 13.9. The molecule has 34 heavy (non-hydrogen) atoms. The Balaban J connectivity index is 1.68. The number of hydrogen-bond acceptors (Lipinski definition) is 7. The van der Waals surface area contributed by atoms with E-state index in [1.54, 1.807) is 6.92 Å². The van der Waals surface area contributed by atoms with Gasteiger partial charge in [0, 0.05) is 24.4 Å². The SMILES string of the molecule is C[C@H]1CO[C@@H]2Cn3cc(C(=O)NCc4ccc(F)cc4F)c(=O)c(OCOC(=O)O)c3C(=O)N12. The van der Waals surface area contributed by atoms with E-state index in [2.05, 4.69) is 10.1 Å². The lowest BCUT2D eigenvalue weighted by Gasteiger charge is -2.34. The van der Waals surface area contributed by atoms with Gasteiger partial charge in [-0.05, 0) is 13.0 Å². The molecule has 0 saturated carbocycles. The van der Waals surface area contributed by atoms with Crippen LogP contribution in [0.15, 0.2) is 29.2 Å². The van der Waals surface area contributed by atoms with Crippen LogP contribution in [0.1, 0.15) is 33.3 Å². The zero-order valence-electron chi connectivity index (χ0n) is 17.7. The van der Waals surface area contributed by atoms with Crippen LogP contribution in [-0.4, -0.2) is 58.2 Å². The van der Waals surface area contributed by atoms with E-state index in [0.717, 1.165) is 18.3 Å². The van der Waals surface area contributed by atoms with Crippen LogP contribution < -0.4 is 15.5 Å². The Hall–Kier alpha value is -4.00. The molecule has 0 radical (unpaired) electrons. The van der Waals surface area contributed by atoms with Gasteiger partial charge in [0.2, 0.25) is 18.0 Å². The summed E-state index contributed by atoms with van der Waals surface area (Å²) in [6, 6.07) is 2.54. The Kier molecular flexibility index (Phi) is 6.20. The quantitative estimate of drug-likeness (QED) is 0.467. The number of carbonyl (C=O) groups excluding carboxylic acids is 2.